The molecule has 1 heteroatoms. The minimum Gasteiger partial charge on any atom is -0.384 e. The highest BCUT2D eigenvalue weighted by Crippen LogP contribution is 2.23. The van der Waals surface area contributed by atoms with Crippen LogP contribution in [0, 0.1) is 0 Å². The second-order valence-electron chi connectivity index (χ2n) is 2.63. The number of hydrogen-bond donors (Lipinski definition) is 1. The molecular formula is C10H10O. The second-order valence-corrected chi connectivity index (χ2v) is 2.63. The molecule has 1 aliphatic carbocycles. The number of rotatable bonds is 0. The van der Waals surface area contributed by atoms with Crippen LogP contribution in [0.1, 0.15) is 18.6 Å². The van der Waals surface area contributed by atoms with Crippen LogP contribution in [-0.2, 0) is 6.40 Å². The second kappa shape index (κ2) is 2.51. The zero-order chi connectivity index (χ0) is 8.55. The Hall–Kier alpha value is -1.08. The lowest BCUT2D eigenvalue weighted by molar-refractivity contribution is 0.225. The summed E-state index contributed by atoms with van der Waals surface area (Å²) in [6.45, 7) is 0. The lowest BCUT2D eigenvalue weighted by Gasteiger charge is -2.15. The molecule has 0 amide bonds. The van der Waals surface area contributed by atoms with Gasteiger partial charge in [-0.2, -0.15) is 0 Å². The maximum absolute atomic E-state index is 9.51. The van der Waals surface area contributed by atoms with Crippen LogP contribution in [0.15, 0.2) is 36.4 Å². The summed E-state index contributed by atoms with van der Waals surface area (Å²) in [6, 6.07) is 7.53. The molecule has 0 aromatic heterocycles. The average Bonchev–Trinajstić information content (AvgIpc) is 2.12. The van der Waals surface area contributed by atoms with Crippen LogP contribution in [-0.4, -0.2) is 5.11 Å². The summed E-state index contributed by atoms with van der Waals surface area (Å²) in [5, 5.41) is 9.51. The summed E-state index contributed by atoms with van der Waals surface area (Å²) in [7, 11) is 0. The normalized spacial score (nSPS) is 29.4. The Bertz CT molecular complexity index is 288. The van der Waals surface area contributed by atoms with Gasteiger partial charge in [0.05, 0.1) is 6.10 Å². The molecule has 11 heavy (non-hydrogen) atoms. The lowest BCUT2D eigenvalue weighted by atomic mass is 9.95. The molecule has 0 spiro atoms. The molecule has 0 radical (unpaired) electrons. The lowest BCUT2D eigenvalue weighted by Crippen LogP contribution is -2.02. The summed E-state index contributed by atoms with van der Waals surface area (Å²) in [5.74, 6) is 0. The Morgan fingerprint density at radius 3 is 3.09 bits per heavy atom. The van der Waals surface area contributed by atoms with Crippen molar-refractivity contribution < 1.29 is 6.48 Å². The van der Waals surface area contributed by atoms with Gasteiger partial charge in [0.15, 0.2) is 0 Å². The molecule has 1 N–H and O–H groups in total. The Morgan fingerprint density at radius 2 is 2.27 bits per heavy atom. The van der Waals surface area contributed by atoms with Crippen molar-refractivity contribution >= 4 is 0 Å². The predicted molar refractivity (Wildman–Crippen MR) is 44.2 cm³/mol. The van der Waals surface area contributed by atoms with E-state index in [2.05, 4.69) is 0 Å². The van der Waals surface area contributed by atoms with Crippen molar-refractivity contribution in [3.63, 3.8) is 0 Å². The molecule has 0 aliphatic heterocycles. The van der Waals surface area contributed by atoms with Crippen molar-refractivity contribution in [1.29, 1.82) is 0 Å². The molecule has 0 bridgehead atoms. The maximum atomic E-state index is 9.51. The highest BCUT2D eigenvalue weighted by molar-refractivity contribution is 5.35. The SMILES string of the molecule is [2H][C@@H]1C=C[C@@H](O)c2ccccc21. The highest BCUT2D eigenvalue weighted by Gasteiger charge is 2.10. The van der Waals surface area contributed by atoms with Gasteiger partial charge in [0, 0.05) is 1.37 Å². The smallest absolute Gasteiger partial charge is 0.0974 e. The maximum Gasteiger partial charge on any atom is 0.0974 e. The van der Waals surface area contributed by atoms with Crippen LogP contribution < -0.4 is 0 Å². The van der Waals surface area contributed by atoms with E-state index >= 15 is 0 Å². The molecule has 0 saturated carbocycles. The van der Waals surface area contributed by atoms with E-state index in [-0.39, 0.29) is 6.40 Å². The summed E-state index contributed by atoms with van der Waals surface area (Å²) in [5.41, 5.74) is 1.77. The number of aliphatic hydroxyl groups is 1. The van der Waals surface area contributed by atoms with Gasteiger partial charge in [-0.15, -0.1) is 0 Å². The van der Waals surface area contributed by atoms with Gasteiger partial charge in [-0.3, -0.25) is 0 Å². The molecule has 0 unspecified atom stereocenters. The van der Waals surface area contributed by atoms with Gasteiger partial charge in [0.1, 0.15) is 0 Å². The zero-order valence-electron chi connectivity index (χ0n) is 7.07. The van der Waals surface area contributed by atoms with E-state index in [4.69, 9.17) is 1.37 Å². The van der Waals surface area contributed by atoms with E-state index in [1.807, 2.05) is 24.3 Å². The van der Waals surface area contributed by atoms with Crippen LogP contribution in [0.4, 0.5) is 0 Å². The van der Waals surface area contributed by atoms with Gasteiger partial charge in [-0.25, -0.2) is 0 Å². The summed E-state index contributed by atoms with van der Waals surface area (Å²) in [4.78, 5) is 0. The van der Waals surface area contributed by atoms with Crippen LogP contribution >= 0.6 is 0 Å². The number of benzene rings is 1. The Balaban J connectivity index is 2.54. The number of fused-ring (bicyclic) bond motifs is 1. The number of allylic oxidation sites excluding steroid dienone is 1. The monoisotopic (exact) mass is 147 g/mol. The molecule has 0 heterocycles. The molecule has 1 nitrogen and oxygen atoms in total. The van der Waals surface area contributed by atoms with E-state index in [0.717, 1.165) is 11.1 Å². The molecular weight excluding hydrogens is 136 g/mol. The predicted octanol–water partition coefficient (Wildman–Crippen LogP) is 1.83. The highest BCUT2D eigenvalue weighted by atomic mass is 16.3. The first-order valence-corrected chi connectivity index (χ1v) is 3.66. The topological polar surface area (TPSA) is 20.2 Å². The van der Waals surface area contributed by atoms with Crippen molar-refractivity contribution in [2.75, 3.05) is 0 Å². The molecule has 56 valence electrons. The van der Waals surface area contributed by atoms with Gasteiger partial charge < -0.3 is 5.11 Å². The molecule has 1 aromatic carbocycles. The van der Waals surface area contributed by atoms with Gasteiger partial charge in [0.2, 0.25) is 0 Å². The average molecular weight is 147 g/mol. The fraction of sp³-hybridized carbons (Fsp3) is 0.200. The van der Waals surface area contributed by atoms with Crippen molar-refractivity contribution in [1.82, 2.24) is 0 Å². The number of aliphatic hydroxyl groups excluding tert-OH is 1. The minimum atomic E-state index is -0.525. The summed E-state index contributed by atoms with van der Waals surface area (Å²) < 4.78 is 7.65. The molecule has 0 saturated heterocycles. The summed E-state index contributed by atoms with van der Waals surface area (Å²) >= 11 is 0. The van der Waals surface area contributed by atoms with Gasteiger partial charge >= 0.3 is 0 Å². The van der Waals surface area contributed by atoms with Gasteiger partial charge in [-0.1, -0.05) is 36.4 Å². The van der Waals surface area contributed by atoms with Crippen molar-refractivity contribution in [2.24, 2.45) is 0 Å². The molecule has 2 atom stereocenters. The fourth-order valence-corrected chi connectivity index (χ4v) is 1.30. The van der Waals surface area contributed by atoms with E-state index in [1.54, 1.807) is 12.2 Å². The standard InChI is InChI=1S/C10H10O/c11-10-7-3-5-8-4-1-2-6-9(8)10/h1-4,6-7,10-11H,5H2/t10-/m1/s1/i5D/t5-,10-. The van der Waals surface area contributed by atoms with E-state index in [9.17, 15) is 5.11 Å². The van der Waals surface area contributed by atoms with Gasteiger partial charge in [0.25, 0.3) is 0 Å². The van der Waals surface area contributed by atoms with E-state index in [1.165, 1.54) is 0 Å². The Kier molecular flexibility index (Phi) is 1.27. The van der Waals surface area contributed by atoms with Crippen molar-refractivity contribution in [3.05, 3.63) is 47.5 Å². The zero-order valence-corrected chi connectivity index (χ0v) is 6.07. The van der Waals surface area contributed by atoms with Crippen molar-refractivity contribution in [3.8, 4) is 0 Å². The first kappa shape index (κ1) is 5.56. The quantitative estimate of drug-likeness (QED) is 0.555. The Labute approximate surface area is 67.4 Å². The van der Waals surface area contributed by atoms with Gasteiger partial charge in [-0.05, 0) is 17.5 Å². The molecule has 2 rings (SSSR count). The van der Waals surface area contributed by atoms with E-state index in [0.29, 0.717) is 0 Å². The van der Waals surface area contributed by atoms with Crippen LogP contribution in [0.25, 0.3) is 0 Å². The first-order chi connectivity index (χ1) is 5.79. The fourth-order valence-electron chi connectivity index (χ4n) is 1.30. The number of hydrogen-bond acceptors (Lipinski definition) is 1. The molecule has 0 fully saturated rings. The largest absolute Gasteiger partial charge is 0.384 e. The third-order valence-electron chi connectivity index (χ3n) is 1.88. The van der Waals surface area contributed by atoms with E-state index < -0.39 is 6.10 Å². The van der Waals surface area contributed by atoms with Crippen LogP contribution in [0.3, 0.4) is 0 Å². The van der Waals surface area contributed by atoms with Crippen LogP contribution in [0.5, 0.6) is 0 Å². The first-order valence-electron chi connectivity index (χ1n) is 4.24. The minimum absolute atomic E-state index is 0.315. The molecule has 1 aliphatic rings. The van der Waals surface area contributed by atoms with Crippen LogP contribution in [0.2, 0.25) is 0 Å². The third kappa shape index (κ3) is 1.08. The summed E-state index contributed by atoms with van der Waals surface area (Å²) in [6.07, 6.45) is 2.54. The Morgan fingerprint density at radius 1 is 1.45 bits per heavy atom. The molecule has 1 aromatic rings. The van der Waals surface area contributed by atoms with Crippen molar-refractivity contribution in [2.45, 2.75) is 12.5 Å². The third-order valence-corrected chi connectivity index (χ3v) is 1.88.